The molecule has 6 nitrogen and oxygen atoms in total. The van der Waals surface area contributed by atoms with E-state index in [0.29, 0.717) is 11.3 Å². The van der Waals surface area contributed by atoms with Gasteiger partial charge in [-0.15, -0.1) is 0 Å². The van der Waals surface area contributed by atoms with Crippen molar-refractivity contribution in [2.75, 3.05) is 36.5 Å². The summed E-state index contributed by atoms with van der Waals surface area (Å²) in [6, 6.07) is 14.7. The fraction of sp³-hybridized carbons (Fsp3) is 0.300. The molecule has 0 saturated carbocycles. The van der Waals surface area contributed by atoms with E-state index >= 15 is 0 Å². The standard InChI is InChI=1S/C20H21IN2O4/c1-14(27-20(25)17-4-2-3-5-18(17)21)19(24)22-15-6-8-16(9-7-15)23-10-12-26-13-11-23/h2-9,14H,10-13H2,1H3,(H,22,24). The Morgan fingerprint density at radius 1 is 1.11 bits per heavy atom. The average Bonchev–Trinajstić information content (AvgIpc) is 2.69. The molecule has 2 aromatic rings. The first-order chi connectivity index (χ1) is 13.0. The highest BCUT2D eigenvalue weighted by Crippen LogP contribution is 2.19. The second-order valence-electron chi connectivity index (χ2n) is 6.16. The molecule has 0 radical (unpaired) electrons. The Bertz CT molecular complexity index is 804. The lowest BCUT2D eigenvalue weighted by molar-refractivity contribution is -0.123. The zero-order chi connectivity index (χ0) is 19.2. The summed E-state index contributed by atoms with van der Waals surface area (Å²) in [6.45, 7) is 4.72. The predicted molar refractivity (Wildman–Crippen MR) is 112 cm³/mol. The third-order valence-electron chi connectivity index (χ3n) is 4.26. The summed E-state index contributed by atoms with van der Waals surface area (Å²) in [5.74, 6) is -0.876. The minimum atomic E-state index is -0.896. The van der Waals surface area contributed by atoms with Gasteiger partial charge < -0.3 is 19.7 Å². The molecule has 3 rings (SSSR count). The quantitative estimate of drug-likeness (QED) is 0.526. The van der Waals surface area contributed by atoms with Crippen molar-refractivity contribution in [3.8, 4) is 0 Å². The molecule has 0 spiro atoms. The number of carbonyl (C=O) groups excluding carboxylic acids is 2. The highest BCUT2D eigenvalue weighted by atomic mass is 127. The SMILES string of the molecule is CC(OC(=O)c1ccccc1I)C(=O)Nc1ccc(N2CCOCC2)cc1. The maximum atomic E-state index is 12.3. The molecule has 1 saturated heterocycles. The summed E-state index contributed by atoms with van der Waals surface area (Å²) < 4.78 is 11.4. The molecule has 0 aromatic heterocycles. The maximum absolute atomic E-state index is 12.3. The van der Waals surface area contributed by atoms with Gasteiger partial charge in [0.2, 0.25) is 0 Å². The van der Waals surface area contributed by atoms with Crippen LogP contribution in [0.3, 0.4) is 0 Å². The highest BCUT2D eigenvalue weighted by molar-refractivity contribution is 14.1. The molecule has 7 heteroatoms. The lowest BCUT2D eigenvalue weighted by Crippen LogP contribution is -2.36. The first-order valence-corrected chi connectivity index (χ1v) is 9.81. The number of amides is 1. The smallest absolute Gasteiger partial charge is 0.339 e. The Balaban J connectivity index is 1.56. The Labute approximate surface area is 172 Å². The van der Waals surface area contributed by atoms with Crippen LogP contribution >= 0.6 is 22.6 Å². The Morgan fingerprint density at radius 3 is 2.44 bits per heavy atom. The van der Waals surface area contributed by atoms with Crippen LogP contribution in [-0.4, -0.2) is 44.3 Å². The van der Waals surface area contributed by atoms with Crippen molar-refractivity contribution < 1.29 is 19.1 Å². The van der Waals surface area contributed by atoms with E-state index in [1.54, 1.807) is 19.1 Å². The molecule has 1 heterocycles. The molecule has 1 N–H and O–H groups in total. The van der Waals surface area contributed by atoms with Crippen molar-refractivity contribution in [2.45, 2.75) is 13.0 Å². The average molecular weight is 480 g/mol. The normalized spacial score (nSPS) is 15.1. The molecule has 0 aliphatic carbocycles. The molecule has 0 bridgehead atoms. The number of morpholine rings is 1. The van der Waals surface area contributed by atoms with E-state index in [-0.39, 0.29) is 5.91 Å². The van der Waals surface area contributed by atoms with Crippen LogP contribution < -0.4 is 10.2 Å². The van der Waals surface area contributed by atoms with Crippen LogP contribution in [0.4, 0.5) is 11.4 Å². The van der Waals surface area contributed by atoms with Crippen molar-refractivity contribution in [1.82, 2.24) is 0 Å². The monoisotopic (exact) mass is 480 g/mol. The summed E-state index contributed by atoms with van der Waals surface area (Å²) >= 11 is 2.07. The van der Waals surface area contributed by atoms with Gasteiger partial charge >= 0.3 is 5.97 Å². The van der Waals surface area contributed by atoms with Gasteiger partial charge in [0.1, 0.15) is 0 Å². The zero-order valence-corrected chi connectivity index (χ0v) is 17.1. The number of nitrogens with zero attached hydrogens (tertiary/aromatic N) is 1. The molecule has 1 atom stereocenters. The number of nitrogens with one attached hydrogen (secondary N) is 1. The molecule has 1 aliphatic heterocycles. The Morgan fingerprint density at radius 2 is 1.78 bits per heavy atom. The van der Waals surface area contributed by atoms with Gasteiger partial charge in [-0.3, -0.25) is 4.79 Å². The highest BCUT2D eigenvalue weighted by Gasteiger charge is 2.20. The largest absolute Gasteiger partial charge is 0.449 e. The fourth-order valence-corrected chi connectivity index (χ4v) is 3.33. The zero-order valence-electron chi connectivity index (χ0n) is 15.0. The van der Waals surface area contributed by atoms with E-state index in [0.717, 1.165) is 35.6 Å². The third-order valence-corrected chi connectivity index (χ3v) is 5.20. The van der Waals surface area contributed by atoms with Gasteiger partial charge in [0.25, 0.3) is 5.91 Å². The molecule has 27 heavy (non-hydrogen) atoms. The number of halogens is 1. The van der Waals surface area contributed by atoms with Crippen LogP contribution in [0, 0.1) is 3.57 Å². The lowest BCUT2D eigenvalue weighted by Gasteiger charge is -2.28. The number of esters is 1. The molecule has 1 amide bonds. The number of hydrogen-bond donors (Lipinski definition) is 1. The Hall–Kier alpha value is -2.13. The van der Waals surface area contributed by atoms with Crippen molar-refractivity contribution in [1.29, 1.82) is 0 Å². The molecular formula is C20H21IN2O4. The van der Waals surface area contributed by atoms with Crippen molar-refractivity contribution >= 4 is 45.8 Å². The van der Waals surface area contributed by atoms with E-state index in [9.17, 15) is 9.59 Å². The summed E-state index contributed by atoms with van der Waals surface area (Å²) in [6.07, 6.45) is -0.896. The molecule has 1 fully saturated rings. The molecule has 1 unspecified atom stereocenters. The van der Waals surface area contributed by atoms with E-state index in [2.05, 4.69) is 32.8 Å². The van der Waals surface area contributed by atoms with Gasteiger partial charge in [0.05, 0.1) is 18.8 Å². The first kappa shape index (κ1) is 19.6. The molecule has 1 aliphatic rings. The number of rotatable bonds is 5. The van der Waals surface area contributed by atoms with Crippen LogP contribution in [0.25, 0.3) is 0 Å². The van der Waals surface area contributed by atoms with Crippen LogP contribution in [-0.2, 0) is 14.3 Å². The van der Waals surface area contributed by atoms with Crippen molar-refractivity contribution in [2.24, 2.45) is 0 Å². The van der Waals surface area contributed by atoms with E-state index < -0.39 is 12.1 Å². The van der Waals surface area contributed by atoms with E-state index in [1.165, 1.54) is 0 Å². The summed E-state index contributed by atoms with van der Waals surface area (Å²) in [5, 5.41) is 2.78. The molecular weight excluding hydrogens is 459 g/mol. The topological polar surface area (TPSA) is 67.9 Å². The minimum Gasteiger partial charge on any atom is -0.449 e. The van der Waals surface area contributed by atoms with Crippen LogP contribution in [0.1, 0.15) is 17.3 Å². The van der Waals surface area contributed by atoms with Gasteiger partial charge in [-0.2, -0.15) is 0 Å². The number of anilines is 2. The van der Waals surface area contributed by atoms with Crippen molar-refractivity contribution in [3.63, 3.8) is 0 Å². The molecule has 142 valence electrons. The molecule has 2 aromatic carbocycles. The van der Waals surface area contributed by atoms with Gasteiger partial charge in [-0.25, -0.2) is 4.79 Å². The first-order valence-electron chi connectivity index (χ1n) is 8.74. The third kappa shape index (κ3) is 5.20. The van der Waals surface area contributed by atoms with Gasteiger partial charge in [-0.05, 0) is 65.9 Å². The minimum absolute atomic E-state index is 0.367. The Kier molecular flexibility index (Phi) is 6.68. The van der Waals surface area contributed by atoms with Gasteiger partial charge in [-0.1, -0.05) is 12.1 Å². The van der Waals surface area contributed by atoms with Crippen molar-refractivity contribution in [3.05, 3.63) is 57.7 Å². The van der Waals surface area contributed by atoms with Crippen LogP contribution in [0.15, 0.2) is 48.5 Å². The van der Waals surface area contributed by atoms with E-state index in [1.807, 2.05) is 36.4 Å². The number of ether oxygens (including phenoxy) is 2. The summed E-state index contributed by atoms with van der Waals surface area (Å²) in [4.78, 5) is 26.8. The fourth-order valence-electron chi connectivity index (χ4n) is 2.73. The lowest BCUT2D eigenvalue weighted by atomic mass is 10.2. The van der Waals surface area contributed by atoms with Gasteiger partial charge in [0, 0.05) is 28.0 Å². The van der Waals surface area contributed by atoms with E-state index in [4.69, 9.17) is 9.47 Å². The second kappa shape index (κ2) is 9.18. The summed E-state index contributed by atoms with van der Waals surface area (Å²) in [7, 11) is 0. The number of benzene rings is 2. The summed E-state index contributed by atoms with van der Waals surface area (Å²) in [5.41, 5.74) is 2.20. The van der Waals surface area contributed by atoms with Crippen LogP contribution in [0.5, 0.6) is 0 Å². The second-order valence-corrected chi connectivity index (χ2v) is 7.33. The maximum Gasteiger partial charge on any atom is 0.339 e. The predicted octanol–water partition coefficient (Wildman–Crippen LogP) is 3.31. The van der Waals surface area contributed by atoms with Gasteiger partial charge in [0.15, 0.2) is 6.10 Å². The number of hydrogen-bond acceptors (Lipinski definition) is 5. The van der Waals surface area contributed by atoms with Crippen LogP contribution in [0.2, 0.25) is 0 Å². The number of carbonyl (C=O) groups is 2.